The molecule has 26 heavy (non-hydrogen) atoms. The third-order valence-corrected chi connectivity index (χ3v) is 4.29. The molecule has 148 valence electrons. The Bertz CT molecular complexity index is 513. The van der Waals surface area contributed by atoms with Crippen LogP contribution in [0.25, 0.3) is 0 Å². The van der Waals surface area contributed by atoms with E-state index in [1.165, 1.54) is 0 Å². The Kier molecular flexibility index (Phi) is 11.1. The second-order valence-corrected chi connectivity index (χ2v) is 6.39. The van der Waals surface area contributed by atoms with Gasteiger partial charge in [-0.1, -0.05) is 6.92 Å². The molecule has 3 N–H and O–H groups in total. The van der Waals surface area contributed by atoms with E-state index in [4.69, 9.17) is 15.2 Å². The van der Waals surface area contributed by atoms with Gasteiger partial charge in [-0.15, -0.1) is 12.4 Å². The number of carbonyl (C=O) groups is 1. The number of ether oxygens (including phenoxy) is 2. The van der Waals surface area contributed by atoms with Gasteiger partial charge in [0.05, 0.1) is 12.5 Å². The first-order chi connectivity index (χ1) is 12.2. The van der Waals surface area contributed by atoms with E-state index in [9.17, 15) is 4.79 Å². The van der Waals surface area contributed by atoms with E-state index in [1.807, 2.05) is 24.3 Å². The smallest absolute Gasteiger partial charge is 0.224 e. The van der Waals surface area contributed by atoms with Crippen molar-refractivity contribution in [2.45, 2.75) is 26.2 Å². The molecule has 1 aromatic carbocycles. The zero-order valence-corrected chi connectivity index (χ0v) is 16.4. The number of nitrogens with zero attached hydrogens (tertiary/aromatic N) is 1. The van der Waals surface area contributed by atoms with Gasteiger partial charge >= 0.3 is 0 Å². The second kappa shape index (κ2) is 12.8. The highest BCUT2D eigenvalue weighted by Crippen LogP contribution is 2.19. The average Bonchev–Trinajstić information content (AvgIpc) is 2.65. The van der Waals surface area contributed by atoms with Crippen LogP contribution in [0.5, 0.6) is 11.5 Å². The fourth-order valence-corrected chi connectivity index (χ4v) is 2.96. The first kappa shape index (κ1) is 22.5. The first-order valence-corrected chi connectivity index (χ1v) is 9.28. The second-order valence-electron chi connectivity index (χ2n) is 6.39. The third kappa shape index (κ3) is 7.81. The van der Waals surface area contributed by atoms with E-state index in [2.05, 4.69) is 17.1 Å². The molecule has 1 aliphatic rings. The molecule has 0 aromatic heterocycles. The van der Waals surface area contributed by atoms with E-state index in [-0.39, 0.29) is 24.2 Å². The van der Waals surface area contributed by atoms with Crippen molar-refractivity contribution >= 4 is 18.3 Å². The third-order valence-electron chi connectivity index (χ3n) is 4.29. The van der Waals surface area contributed by atoms with E-state index < -0.39 is 0 Å². The van der Waals surface area contributed by atoms with Crippen molar-refractivity contribution in [2.75, 3.05) is 45.9 Å². The number of rotatable bonds is 10. The topological polar surface area (TPSA) is 76.8 Å². The lowest BCUT2D eigenvalue weighted by atomic mass is 9.97. The first-order valence-electron chi connectivity index (χ1n) is 9.28. The van der Waals surface area contributed by atoms with Gasteiger partial charge in [-0.25, -0.2) is 0 Å². The largest absolute Gasteiger partial charge is 0.494 e. The molecule has 1 heterocycles. The number of carbonyl (C=O) groups excluding carboxylic acids is 1. The number of benzene rings is 1. The molecule has 1 unspecified atom stereocenters. The minimum absolute atomic E-state index is 0. The molecule has 7 heteroatoms. The molecule has 6 nitrogen and oxygen atoms in total. The Morgan fingerprint density at radius 2 is 1.88 bits per heavy atom. The maximum Gasteiger partial charge on any atom is 0.224 e. The van der Waals surface area contributed by atoms with Gasteiger partial charge in [-0.3, -0.25) is 9.69 Å². The number of hydrogen-bond donors (Lipinski definition) is 2. The van der Waals surface area contributed by atoms with Crippen LogP contribution in [0.1, 0.15) is 26.2 Å². The summed E-state index contributed by atoms with van der Waals surface area (Å²) in [5, 5.41) is 2.89. The molecule has 1 amide bonds. The summed E-state index contributed by atoms with van der Waals surface area (Å²) in [6.07, 6.45) is 3.00. The van der Waals surface area contributed by atoms with Gasteiger partial charge in [0.15, 0.2) is 0 Å². The van der Waals surface area contributed by atoms with Gasteiger partial charge in [-0.05, 0) is 50.1 Å². The summed E-state index contributed by atoms with van der Waals surface area (Å²) >= 11 is 0. The highest BCUT2D eigenvalue weighted by Gasteiger charge is 2.25. The molecule has 0 spiro atoms. The Balaban J connectivity index is 0.00000338. The molecule has 1 fully saturated rings. The van der Waals surface area contributed by atoms with E-state index in [0.717, 1.165) is 57.0 Å². The summed E-state index contributed by atoms with van der Waals surface area (Å²) in [5.74, 6) is 1.91. The van der Waals surface area contributed by atoms with Crippen molar-refractivity contribution in [2.24, 2.45) is 11.7 Å². The quantitative estimate of drug-likeness (QED) is 0.644. The molecule has 0 aliphatic carbocycles. The van der Waals surface area contributed by atoms with Gasteiger partial charge in [-0.2, -0.15) is 0 Å². The maximum absolute atomic E-state index is 12.1. The fraction of sp³-hybridized carbons (Fsp3) is 0.632. The highest BCUT2D eigenvalue weighted by molar-refractivity contribution is 5.85. The number of hydrogen-bond acceptors (Lipinski definition) is 5. The van der Waals surface area contributed by atoms with E-state index in [1.54, 1.807) is 0 Å². The number of halogens is 1. The zero-order valence-electron chi connectivity index (χ0n) is 15.6. The lowest BCUT2D eigenvalue weighted by Crippen LogP contribution is -2.45. The Morgan fingerprint density at radius 1 is 1.23 bits per heavy atom. The van der Waals surface area contributed by atoms with Crippen LogP contribution in [0.4, 0.5) is 0 Å². The van der Waals surface area contributed by atoms with Crippen molar-refractivity contribution < 1.29 is 14.3 Å². The maximum atomic E-state index is 12.1. The molecule has 1 aromatic rings. The minimum atomic E-state index is 0. The van der Waals surface area contributed by atoms with Crippen LogP contribution in [0.2, 0.25) is 0 Å². The summed E-state index contributed by atoms with van der Waals surface area (Å²) in [4.78, 5) is 14.4. The summed E-state index contributed by atoms with van der Waals surface area (Å²) in [6, 6.07) is 7.74. The standard InChI is InChI=1S/C19H31N3O3.ClH/c1-2-13-24-17-5-7-18(8-6-17)25-14-12-22-11-3-4-16(15-22)19(23)21-10-9-20;/h5-8,16H,2-4,9-15,20H2,1H3,(H,21,23);1H. The Labute approximate surface area is 162 Å². The number of likely N-dealkylation sites (tertiary alicyclic amines) is 1. The van der Waals surface area contributed by atoms with Gasteiger partial charge in [0.25, 0.3) is 0 Å². The van der Waals surface area contributed by atoms with Gasteiger partial charge in [0.2, 0.25) is 5.91 Å². The van der Waals surface area contributed by atoms with Crippen LogP contribution in [-0.4, -0.2) is 56.7 Å². The van der Waals surface area contributed by atoms with Crippen LogP contribution in [0.3, 0.4) is 0 Å². The molecule has 1 aliphatic heterocycles. The lowest BCUT2D eigenvalue weighted by molar-refractivity contribution is -0.126. The highest BCUT2D eigenvalue weighted by atomic mass is 35.5. The normalized spacial score (nSPS) is 17.2. The van der Waals surface area contributed by atoms with Crippen molar-refractivity contribution in [1.82, 2.24) is 10.2 Å². The van der Waals surface area contributed by atoms with E-state index >= 15 is 0 Å². The van der Waals surface area contributed by atoms with Gasteiger partial charge in [0, 0.05) is 26.2 Å². The number of piperidine rings is 1. The average molecular weight is 386 g/mol. The Hall–Kier alpha value is -1.50. The van der Waals surface area contributed by atoms with Crippen LogP contribution in [-0.2, 0) is 4.79 Å². The molecule has 0 radical (unpaired) electrons. The van der Waals surface area contributed by atoms with Crippen LogP contribution in [0.15, 0.2) is 24.3 Å². The van der Waals surface area contributed by atoms with Crippen molar-refractivity contribution in [1.29, 1.82) is 0 Å². The molecular formula is C19H32ClN3O3. The van der Waals surface area contributed by atoms with Gasteiger partial charge in [0.1, 0.15) is 18.1 Å². The fourth-order valence-electron chi connectivity index (χ4n) is 2.96. The van der Waals surface area contributed by atoms with Crippen molar-refractivity contribution in [3.63, 3.8) is 0 Å². The molecule has 0 saturated carbocycles. The van der Waals surface area contributed by atoms with Crippen LogP contribution < -0.4 is 20.5 Å². The molecular weight excluding hydrogens is 354 g/mol. The van der Waals surface area contributed by atoms with Crippen LogP contribution in [0, 0.1) is 5.92 Å². The SMILES string of the molecule is CCCOc1ccc(OCCN2CCCC(C(=O)NCCN)C2)cc1.Cl. The number of nitrogens with two attached hydrogens (primary N) is 1. The van der Waals surface area contributed by atoms with Gasteiger partial charge < -0.3 is 20.5 Å². The zero-order chi connectivity index (χ0) is 17.9. The predicted molar refractivity (Wildman–Crippen MR) is 106 cm³/mol. The number of nitrogens with one attached hydrogen (secondary N) is 1. The molecule has 1 saturated heterocycles. The van der Waals surface area contributed by atoms with Crippen LogP contribution >= 0.6 is 12.4 Å². The Morgan fingerprint density at radius 3 is 2.50 bits per heavy atom. The monoisotopic (exact) mass is 385 g/mol. The minimum Gasteiger partial charge on any atom is -0.494 e. The van der Waals surface area contributed by atoms with E-state index in [0.29, 0.717) is 19.7 Å². The molecule has 1 atom stereocenters. The van der Waals surface area contributed by atoms with Crippen molar-refractivity contribution in [3.8, 4) is 11.5 Å². The molecule has 0 bridgehead atoms. The summed E-state index contributed by atoms with van der Waals surface area (Å²) in [6.45, 7) is 7.12. The molecule has 2 rings (SSSR count). The predicted octanol–water partition coefficient (Wildman–Crippen LogP) is 2.06. The summed E-state index contributed by atoms with van der Waals surface area (Å²) < 4.78 is 11.4. The summed E-state index contributed by atoms with van der Waals surface area (Å²) in [7, 11) is 0. The lowest BCUT2D eigenvalue weighted by Gasteiger charge is -2.31. The van der Waals surface area contributed by atoms with Crippen molar-refractivity contribution in [3.05, 3.63) is 24.3 Å². The summed E-state index contributed by atoms with van der Waals surface area (Å²) in [5.41, 5.74) is 5.44. The number of amides is 1.